The van der Waals surface area contributed by atoms with Crippen molar-refractivity contribution in [2.75, 3.05) is 0 Å². The maximum absolute atomic E-state index is 11.3. The Morgan fingerprint density at radius 3 is 2.00 bits per heavy atom. The Kier molecular flexibility index (Phi) is 6.04. The zero-order valence-corrected chi connectivity index (χ0v) is 10.1. The molecule has 2 nitrogen and oxygen atoms in total. The molecule has 0 spiro atoms. The van der Waals surface area contributed by atoms with Crippen molar-refractivity contribution >= 4 is 14.3 Å². The molecule has 0 rings (SSSR count). The van der Waals surface area contributed by atoms with Crippen LogP contribution in [0.2, 0.25) is 18.1 Å². The monoisotopic (exact) mass is 201 g/mol. The summed E-state index contributed by atoms with van der Waals surface area (Å²) in [5.41, 5.74) is 0. The Labute approximate surface area is 82.8 Å². The highest BCUT2D eigenvalue weighted by molar-refractivity contribution is 6.74. The highest BCUT2D eigenvalue weighted by Gasteiger charge is 2.32. The molecular weight excluding hydrogens is 180 g/mol. The van der Waals surface area contributed by atoms with Gasteiger partial charge in [0.25, 0.3) is 14.3 Å². The number of rotatable bonds is 6. The summed E-state index contributed by atoms with van der Waals surface area (Å²) >= 11 is 0. The second-order valence-electron chi connectivity index (χ2n) is 3.32. The fraction of sp³-hybridized carbons (Fsp3) is 0.800. The van der Waals surface area contributed by atoms with Gasteiger partial charge in [-0.1, -0.05) is 27.7 Å². The third-order valence-corrected chi connectivity index (χ3v) is 7.17. The molecule has 77 valence electrons. The van der Waals surface area contributed by atoms with E-state index < -0.39 is 8.32 Å². The van der Waals surface area contributed by atoms with Crippen molar-refractivity contribution in [2.24, 2.45) is 0 Å². The zero-order valence-electron chi connectivity index (χ0n) is 9.06. The van der Waals surface area contributed by atoms with Crippen LogP contribution in [0.1, 0.15) is 33.6 Å². The van der Waals surface area contributed by atoms with Gasteiger partial charge in [-0.2, -0.15) is 0 Å². The van der Waals surface area contributed by atoms with Gasteiger partial charge >= 0.3 is 0 Å². The number of hydrogen-bond acceptors (Lipinski definition) is 2. The Morgan fingerprint density at radius 2 is 1.69 bits per heavy atom. The second kappa shape index (κ2) is 6.19. The summed E-state index contributed by atoms with van der Waals surface area (Å²) in [6.45, 7) is 10.0. The fourth-order valence-electron chi connectivity index (χ4n) is 1.40. The van der Waals surface area contributed by atoms with Gasteiger partial charge in [0.1, 0.15) is 0 Å². The third kappa shape index (κ3) is 3.94. The molecule has 0 fully saturated rings. The van der Waals surface area contributed by atoms with Crippen LogP contribution in [0.3, 0.4) is 0 Å². The molecule has 0 bridgehead atoms. The van der Waals surface area contributed by atoms with E-state index in [0.717, 1.165) is 18.1 Å². The maximum atomic E-state index is 11.3. The minimum atomic E-state index is -1.70. The lowest BCUT2D eigenvalue weighted by Crippen LogP contribution is -2.38. The molecule has 0 saturated carbocycles. The van der Waals surface area contributed by atoms with E-state index in [4.69, 9.17) is 4.43 Å². The fourth-order valence-corrected chi connectivity index (χ4v) is 3.92. The number of carbonyl (C=O) groups excluding carboxylic acids is 1. The van der Waals surface area contributed by atoms with Gasteiger partial charge in [-0.15, -0.1) is 0 Å². The van der Waals surface area contributed by atoms with E-state index in [1.807, 2.05) is 0 Å². The molecule has 0 aliphatic carbocycles. The van der Waals surface area contributed by atoms with Gasteiger partial charge in [0, 0.05) is 6.42 Å². The topological polar surface area (TPSA) is 26.3 Å². The van der Waals surface area contributed by atoms with E-state index in [1.165, 1.54) is 0 Å². The molecule has 1 radical (unpaired) electrons. The molecule has 13 heavy (non-hydrogen) atoms. The highest BCUT2D eigenvalue weighted by atomic mass is 28.4. The predicted molar refractivity (Wildman–Crippen MR) is 57.9 cm³/mol. The first kappa shape index (κ1) is 12.7. The molecule has 0 heterocycles. The third-order valence-electron chi connectivity index (χ3n) is 2.64. The van der Waals surface area contributed by atoms with Crippen LogP contribution in [-0.2, 0) is 9.22 Å². The second-order valence-corrected chi connectivity index (χ2v) is 8.01. The molecular formula is C10H21O2Si. The average molecular weight is 201 g/mol. The summed E-state index contributed by atoms with van der Waals surface area (Å²) in [4.78, 5) is 11.3. The molecule has 0 saturated heterocycles. The van der Waals surface area contributed by atoms with Gasteiger partial charge in [-0.3, -0.25) is 4.79 Å². The first-order valence-corrected chi connectivity index (χ1v) is 7.68. The van der Waals surface area contributed by atoms with Gasteiger partial charge in [0.15, 0.2) is 0 Å². The smallest absolute Gasteiger partial charge is 0.292 e. The molecule has 0 atom stereocenters. The van der Waals surface area contributed by atoms with Gasteiger partial charge in [-0.05, 0) is 24.6 Å². The minimum Gasteiger partial charge on any atom is -0.519 e. The Bertz CT molecular complexity index is 145. The predicted octanol–water partition coefficient (Wildman–Crippen LogP) is 3.15. The van der Waals surface area contributed by atoms with Crippen molar-refractivity contribution in [1.29, 1.82) is 0 Å². The number of carbonyl (C=O) groups is 1. The first-order chi connectivity index (χ1) is 6.14. The van der Waals surface area contributed by atoms with Gasteiger partial charge in [0.2, 0.25) is 0 Å². The minimum absolute atomic E-state index is 0.0489. The summed E-state index contributed by atoms with van der Waals surface area (Å²) in [5.74, 6) is -0.0489. The molecule has 0 aromatic carbocycles. The molecule has 0 aromatic rings. The van der Waals surface area contributed by atoms with Crippen LogP contribution in [0.15, 0.2) is 0 Å². The molecule has 0 aromatic heterocycles. The summed E-state index contributed by atoms with van der Waals surface area (Å²) < 4.78 is 5.59. The van der Waals surface area contributed by atoms with Crippen molar-refractivity contribution in [3.05, 3.63) is 6.92 Å². The van der Waals surface area contributed by atoms with Gasteiger partial charge < -0.3 is 4.43 Å². The lowest BCUT2D eigenvalue weighted by atomic mass is 10.4. The normalized spacial score (nSPS) is 11.4. The van der Waals surface area contributed by atoms with Crippen molar-refractivity contribution in [3.63, 3.8) is 0 Å². The van der Waals surface area contributed by atoms with E-state index in [2.05, 4.69) is 27.7 Å². The van der Waals surface area contributed by atoms with Crippen LogP contribution in [0.4, 0.5) is 0 Å². The number of hydrogen-bond donors (Lipinski definition) is 0. The van der Waals surface area contributed by atoms with Crippen LogP contribution < -0.4 is 0 Å². The standard InChI is InChI=1S/C10H21O2Si/c1-5-9-10(11)12-13(6-2,7-3)8-4/h1,5-9H2,2-4H3. The highest BCUT2D eigenvalue weighted by Crippen LogP contribution is 2.22. The molecule has 3 heteroatoms. The van der Waals surface area contributed by atoms with Crippen molar-refractivity contribution in [3.8, 4) is 0 Å². The molecule has 0 aliphatic rings. The van der Waals surface area contributed by atoms with E-state index in [-0.39, 0.29) is 5.97 Å². The lowest BCUT2D eigenvalue weighted by Gasteiger charge is -2.27. The van der Waals surface area contributed by atoms with E-state index >= 15 is 0 Å². The molecule has 0 amide bonds. The van der Waals surface area contributed by atoms with Crippen LogP contribution in [0, 0.1) is 6.92 Å². The average Bonchev–Trinajstić information content (AvgIpc) is 2.15. The first-order valence-electron chi connectivity index (χ1n) is 5.15. The Balaban J connectivity index is 4.16. The quantitative estimate of drug-likeness (QED) is 0.617. The van der Waals surface area contributed by atoms with E-state index in [9.17, 15) is 4.79 Å². The summed E-state index contributed by atoms with van der Waals surface area (Å²) in [6.07, 6.45) is 1.11. The van der Waals surface area contributed by atoms with Crippen molar-refractivity contribution < 1.29 is 9.22 Å². The van der Waals surface area contributed by atoms with Crippen LogP contribution in [-0.4, -0.2) is 14.3 Å². The molecule has 0 aliphatic heterocycles. The maximum Gasteiger partial charge on any atom is 0.292 e. The molecule has 0 unspecified atom stereocenters. The van der Waals surface area contributed by atoms with Crippen molar-refractivity contribution in [2.45, 2.75) is 51.7 Å². The molecule has 0 N–H and O–H groups in total. The summed E-state index contributed by atoms with van der Waals surface area (Å²) in [5, 5.41) is 0. The van der Waals surface area contributed by atoms with Crippen LogP contribution >= 0.6 is 0 Å². The van der Waals surface area contributed by atoms with Gasteiger partial charge in [-0.25, -0.2) is 0 Å². The Hall–Kier alpha value is -0.313. The van der Waals surface area contributed by atoms with Gasteiger partial charge in [0.05, 0.1) is 0 Å². The lowest BCUT2D eigenvalue weighted by molar-refractivity contribution is -0.135. The Morgan fingerprint density at radius 1 is 1.23 bits per heavy atom. The van der Waals surface area contributed by atoms with E-state index in [1.54, 1.807) is 0 Å². The van der Waals surface area contributed by atoms with Crippen LogP contribution in [0.5, 0.6) is 0 Å². The van der Waals surface area contributed by atoms with Crippen LogP contribution in [0.25, 0.3) is 0 Å². The summed E-state index contributed by atoms with van der Waals surface area (Å²) in [6, 6.07) is 3.09. The largest absolute Gasteiger partial charge is 0.519 e. The zero-order chi connectivity index (χ0) is 10.3. The van der Waals surface area contributed by atoms with Crippen molar-refractivity contribution in [1.82, 2.24) is 0 Å². The summed E-state index contributed by atoms with van der Waals surface area (Å²) in [7, 11) is -1.70. The SMILES string of the molecule is [CH2]CCC(=O)O[Si](CC)(CC)CC. The van der Waals surface area contributed by atoms with E-state index in [0.29, 0.717) is 12.8 Å².